The molecule has 1 aromatic carbocycles. The Balaban J connectivity index is 1.79. The summed E-state index contributed by atoms with van der Waals surface area (Å²) in [6.45, 7) is 6.82. The fourth-order valence-electron chi connectivity index (χ4n) is 3.12. The largest absolute Gasteiger partial charge is 0.378 e. The molecule has 0 saturated heterocycles. The summed E-state index contributed by atoms with van der Waals surface area (Å²) in [7, 11) is 0. The van der Waals surface area contributed by atoms with Crippen LogP contribution in [0, 0.1) is 5.41 Å². The first-order chi connectivity index (χ1) is 10.9. The number of nitrogens with zero attached hydrogens (tertiary/aromatic N) is 2. The minimum absolute atomic E-state index is 0.108. The molecule has 0 amide bonds. The SMILES string of the molecule is CCOC1CC(N)(c2nc(Cc3ccccc3Cl)no2)C1(C)C. The quantitative estimate of drug-likeness (QED) is 0.907. The Morgan fingerprint density at radius 1 is 1.39 bits per heavy atom. The Hall–Kier alpha value is -1.43. The molecule has 0 radical (unpaired) electrons. The molecule has 1 aliphatic carbocycles. The Morgan fingerprint density at radius 3 is 2.78 bits per heavy atom. The highest BCUT2D eigenvalue weighted by Crippen LogP contribution is 2.55. The van der Waals surface area contributed by atoms with Gasteiger partial charge in [0.05, 0.1) is 6.10 Å². The fraction of sp³-hybridized carbons (Fsp3) is 0.529. The van der Waals surface area contributed by atoms with Crippen LogP contribution in [0.3, 0.4) is 0 Å². The summed E-state index contributed by atoms with van der Waals surface area (Å²) in [5.74, 6) is 1.06. The number of halogens is 1. The van der Waals surface area contributed by atoms with Crippen LogP contribution < -0.4 is 5.73 Å². The van der Waals surface area contributed by atoms with Crippen molar-refractivity contribution in [1.82, 2.24) is 10.1 Å². The van der Waals surface area contributed by atoms with Crippen molar-refractivity contribution in [3.05, 3.63) is 46.6 Å². The number of aromatic nitrogens is 2. The van der Waals surface area contributed by atoms with E-state index in [4.69, 9.17) is 26.6 Å². The molecule has 1 heterocycles. The lowest BCUT2D eigenvalue weighted by Crippen LogP contribution is -2.67. The van der Waals surface area contributed by atoms with E-state index in [0.29, 0.717) is 36.2 Å². The van der Waals surface area contributed by atoms with E-state index in [0.717, 1.165) is 5.56 Å². The third kappa shape index (κ3) is 2.67. The molecule has 2 atom stereocenters. The predicted molar refractivity (Wildman–Crippen MR) is 88.2 cm³/mol. The van der Waals surface area contributed by atoms with Crippen LogP contribution in [0.15, 0.2) is 28.8 Å². The van der Waals surface area contributed by atoms with Crippen molar-refractivity contribution in [3.63, 3.8) is 0 Å². The zero-order valence-electron chi connectivity index (χ0n) is 13.7. The first kappa shape index (κ1) is 16.4. The highest BCUT2D eigenvalue weighted by atomic mass is 35.5. The second-order valence-corrected chi connectivity index (χ2v) is 7.03. The number of nitrogens with two attached hydrogens (primary N) is 1. The van der Waals surface area contributed by atoms with Gasteiger partial charge in [-0.25, -0.2) is 0 Å². The van der Waals surface area contributed by atoms with Gasteiger partial charge in [-0.05, 0) is 18.6 Å². The smallest absolute Gasteiger partial charge is 0.247 e. The Morgan fingerprint density at radius 2 is 2.13 bits per heavy atom. The van der Waals surface area contributed by atoms with Crippen molar-refractivity contribution in [3.8, 4) is 0 Å². The molecule has 2 N–H and O–H groups in total. The zero-order chi connectivity index (χ0) is 16.7. The van der Waals surface area contributed by atoms with Crippen LogP contribution in [0.1, 0.15) is 44.5 Å². The lowest BCUT2D eigenvalue weighted by atomic mass is 9.54. The molecule has 0 bridgehead atoms. The number of hydrogen-bond donors (Lipinski definition) is 1. The van der Waals surface area contributed by atoms with Gasteiger partial charge in [-0.15, -0.1) is 0 Å². The first-order valence-corrected chi connectivity index (χ1v) is 8.23. The van der Waals surface area contributed by atoms with Crippen LogP contribution in [0.25, 0.3) is 0 Å². The van der Waals surface area contributed by atoms with Gasteiger partial charge in [0.15, 0.2) is 5.82 Å². The van der Waals surface area contributed by atoms with Gasteiger partial charge in [-0.1, -0.05) is 48.8 Å². The van der Waals surface area contributed by atoms with E-state index in [1.807, 2.05) is 31.2 Å². The van der Waals surface area contributed by atoms with Gasteiger partial charge in [0.1, 0.15) is 5.54 Å². The average molecular weight is 336 g/mol. The third-order valence-corrected chi connectivity index (χ3v) is 5.35. The van der Waals surface area contributed by atoms with E-state index in [9.17, 15) is 0 Å². The number of ether oxygens (including phenoxy) is 1. The molecule has 0 aliphatic heterocycles. The Bertz CT molecular complexity index is 701. The summed E-state index contributed by atoms with van der Waals surface area (Å²) >= 11 is 6.18. The zero-order valence-corrected chi connectivity index (χ0v) is 14.4. The second-order valence-electron chi connectivity index (χ2n) is 6.63. The molecule has 5 nitrogen and oxygen atoms in total. The van der Waals surface area contributed by atoms with Gasteiger partial charge < -0.3 is 15.0 Å². The highest BCUT2D eigenvalue weighted by Gasteiger charge is 2.62. The van der Waals surface area contributed by atoms with E-state index in [1.54, 1.807) is 0 Å². The molecule has 1 fully saturated rings. The molecule has 124 valence electrons. The van der Waals surface area contributed by atoms with Gasteiger partial charge in [-0.3, -0.25) is 0 Å². The maximum atomic E-state index is 6.56. The van der Waals surface area contributed by atoms with Crippen molar-refractivity contribution in [2.75, 3.05) is 6.61 Å². The first-order valence-electron chi connectivity index (χ1n) is 7.85. The van der Waals surface area contributed by atoms with Crippen LogP contribution in [-0.4, -0.2) is 22.9 Å². The molecule has 0 spiro atoms. The molecule has 6 heteroatoms. The molecule has 2 unspecified atom stereocenters. The van der Waals surface area contributed by atoms with Crippen LogP contribution in [0.2, 0.25) is 5.02 Å². The predicted octanol–water partition coefficient (Wildman–Crippen LogP) is 3.30. The average Bonchev–Trinajstić information content (AvgIpc) is 2.98. The number of benzene rings is 1. The van der Waals surface area contributed by atoms with Gasteiger partial charge in [0.25, 0.3) is 0 Å². The molecule has 2 aromatic rings. The number of rotatable bonds is 5. The topological polar surface area (TPSA) is 74.2 Å². The Kier molecular flexibility index (Phi) is 4.21. The third-order valence-electron chi connectivity index (χ3n) is 4.99. The van der Waals surface area contributed by atoms with Crippen LogP contribution in [-0.2, 0) is 16.7 Å². The van der Waals surface area contributed by atoms with Crippen molar-refractivity contribution < 1.29 is 9.26 Å². The summed E-state index contributed by atoms with van der Waals surface area (Å²) in [5, 5.41) is 4.77. The molecular weight excluding hydrogens is 314 g/mol. The molecule has 23 heavy (non-hydrogen) atoms. The number of hydrogen-bond acceptors (Lipinski definition) is 5. The van der Waals surface area contributed by atoms with Gasteiger partial charge >= 0.3 is 0 Å². The minimum atomic E-state index is -0.654. The normalized spacial score (nSPS) is 26.0. The van der Waals surface area contributed by atoms with Crippen LogP contribution in [0.5, 0.6) is 0 Å². The monoisotopic (exact) mass is 335 g/mol. The van der Waals surface area contributed by atoms with Crippen LogP contribution in [0.4, 0.5) is 0 Å². The summed E-state index contributed by atoms with van der Waals surface area (Å²) < 4.78 is 11.2. The summed E-state index contributed by atoms with van der Waals surface area (Å²) in [5.41, 5.74) is 6.62. The molecular formula is C17H22ClN3O2. The summed E-state index contributed by atoms with van der Waals surface area (Å²) in [6.07, 6.45) is 1.31. The van der Waals surface area contributed by atoms with Crippen molar-refractivity contribution >= 4 is 11.6 Å². The lowest BCUT2D eigenvalue weighted by molar-refractivity contribution is -0.162. The van der Waals surface area contributed by atoms with Gasteiger partial charge in [0.2, 0.25) is 5.89 Å². The minimum Gasteiger partial charge on any atom is -0.378 e. The molecule has 1 aromatic heterocycles. The standard InChI is InChI=1S/C17H22ClN3O2/c1-4-22-13-10-17(19,16(13,2)3)15-20-14(21-23-15)9-11-7-5-6-8-12(11)18/h5-8,13H,4,9-10,19H2,1-3H3. The molecule has 1 saturated carbocycles. The lowest BCUT2D eigenvalue weighted by Gasteiger charge is -2.56. The van der Waals surface area contributed by atoms with Crippen LogP contribution >= 0.6 is 11.6 Å². The van der Waals surface area contributed by atoms with Crippen molar-refractivity contribution in [1.29, 1.82) is 0 Å². The van der Waals surface area contributed by atoms with E-state index in [1.165, 1.54) is 0 Å². The summed E-state index contributed by atoms with van der Waals surface area (Å²) in [6, 6.07) is 7.64. The maximum Gasteiger partial charge on any atom is 0.247 e. The van der Waals surface area contributed by atoms with E-state index >= 15 is 0 Å². The fourth-order valence-corrected chi connectivity index (χ4v) is 3.32. The molecule has 3 rings (SSSR count). The Labute approximate surface area is 141 Å². The second kappa shape index (κ2) is 5.89. The maximum absolute atomic E-state index is 6.56. The highest BCUT2D eigenvalue weighted by molar-refractivity contribution is 6.31. The van der Waals surface area contributed by atoms with E-state index in [-0.39, 0.29) is 11.5 Å². The summed E-state index contributed by atoms with van der Waals surface area (Å²) in [4.78, 5) is 4.51. The van der Waals surface area contributed by atoms with E-state index in [2.05, 4.69) is 24.0 Å². The van der Waals surface area contributed by atoms with Gasteiger partial charge in [0, 0.05) is 29.9 Å². The van der Waals surface area contributed by atoms with E-state index < -0.39 is 5.54 Å². The van der Waals surface area contributed by atoms with Crippen molar-refractivity contribution in [2.45, 2.75) is 45.3 Å². The van der Waals surface area contributed by atoms with Crippen molar-refractivity contribution in [2.24, 2.45) is 11.1 Å². The molecule has 1 aliphatic rings. The van der Waals surface area contributed by atoms with Gasteiger partial charge in [-0.2, -0.15) is 4.98 Å².